The Balaban J connectivity index is 1.22. The third kappa shape index (κ3) is 4.75. The summed E-state index contributed by atoms with van der Waals surface area (Å²) in [6.07, 6.45) is 5.01. The molecular formula is C22H25N3O4S. The van der Waals surface area contributed by atoms with Crippen LogP contribution in [0.4, 0.5) is 4.79 Å². The molecule has 0 aromatic heterocycles. The zero-order chi connectivity index (χ0) is 21.1. The lowest BCUT2D eigenvalue weighted by molar-refractivity contribution is -0.136. The first-order valence-corrected chi connectivity index (χ1v) is 11.2. The summed E-state index contributed by atoms with van der Waals surface area (Å²) < 4.78 is 0. The van der Waals surface area contributed by atoms with Gasteiger partial charge in [0.1, 0.15) is 0 Å². The van der Waals surface area contributed by atoms with Crippen LogP contribution in [0.15, 0.2) is 35.2 Å². The molecule has 4 rings (SSSR count). The molecule has 1 aliphatic carbocycles. The van der Waals surface area contributed by atoms with Crippen molar-refractivity contribution in [2.45, 2.75) is 25.7 Å². The molecule has 4 amide bonds. The second-order valence-corrected chi connectivity index (χ2v) is 8.90. The molecule has 1 aromatic carbocycles. The van der Waals surface area contributed by atoms with Gasteiger partial charge in [-0.1, -0.05) is 30.3 Å². The third-order valence-electron chi connectivity index (χ3n) is 5.71. The second kappa shape index (κ2) is 9.04. The lowest BCUT2D eigenvalue weighted by Crippen LogP contribution is -2.45. The van der Waals surface area contributed by atoms with Crippen molar-refractivity contribution in [3.05, 3.63) is 40.8 Å². The molecule has 1 saturated carbocycles. The van der Waals surface area contributed by atoms with Crippen molar-refractivity contribution >= 4 is 40.8 Å². The molecule has 0 unspecified atom stereocenters. The highest BCUT2D eigenvalue weighted by atomic mass is 32.2. The number of likely N-dealkylation sites (tertiary alicyclic amines) is 1. The first-order valence-electron chi connectivity index (χ1n) is 10.4. The molecule has 7 nitrogen and oxygen atoms in total. The molecule has 2 aliphatic heterocycles. The molecule has 0 spiro atoms. The van der Waals surface area contributed by atoms with E-state index in [4.69, 9.17) is 0 Å². The first-order chi connectivity index (χ1) is 14.5. The van der Waals surface area contributed by atoms with Crippen LogP contribution in [0.2, 0.25) is 0 Å². The van der Waals surface area contributed by atoms with Gasteiger partial charge in [-0.3, -0.25) is 24.1 Å². The number of amides is 4. The van der Waals surface area contributed by atoms with Crippen molar-refractivity contribution in [1.29, 1.82) is 0 Å². The summed E-state index contributed by atoms with van der Waals surface area (Å²) in [5.41, 5.74) is 0.864. The Kier molecular flexibility index (Phi) is 6.22. The summed E-state index contributed by atoms with van der Waals surface area (Å²) in [4.78, 5) is 52.7. The molecule has 0 radical (unpaired) electrons. The Hall–Kier alpha value is -2.61. The van der Waals surface area contributed by atoms with E-state index in [1.807, 2.05) is 35.2 Å². The van der Waals surface area contributed by atoms with Gasteiger partial charge in [-0.2, -0.15) is 0 Å². The maximum Gasteiger partial charge on any atom is 0.293 e. The van der Waals surface area contributed by atoms with Crippen molar-refractivity contribution in [3.8, 4) is 0 Å². The highest BCUT2D eigenvalue weighted by molar-refractivity contribution is 8.18. The highest BCUT2D eigenvalue weighted by Crippen LogP contribution is 2.33. The lowest BCUT2D eigenvalue weighted by atomic mass is 9.95. The molecule has 1 N–H and O–H groups in total. The van der Waals surface area contributed by atoms with Gasteiger partial charge in [0.25, 0.3) is 11.1 Å². The number of carbonyl (C=O) groups is 4. The average Bonchev–Trinajstić information content (AvgIpc) is 3.57. The minimum Gasteiger partial charge on any atom is -0.354 e. The van der Waals surface area contributed by atoms with Crippen LogP contribution in [0, 0.1) is 11.8 Å². The van der Waals surface area contributed by atoms with Crippen LogP contribution in [-0.4, -0.2) is 58.9 Å². The van der Waals surface area contributed by atoms with Crippen LogP contribution >= 0.6 is 11.8 Å². The van der Waals surface area contributed by atoms with E-state index in [2.05, 4.69) is 5.32 Å². The maximum absolute atomic E-state index is 12.5. The number of nitrogens with zero attached hydrogens (tertiary/aromatic N) is 2. The summed E-state index contributed by atoms with van der Waals surface area (Å²) in [6, 6.07) is 9.38. The first kappa shape index (κ1) is 20.7. The van der Waals surface area contributed by atoms with Crippen molar-refractivity contribution < 1.29 is 19.2 Å². The van der Waals surface area contributed by atoms with Gasteiger partial charge in [0, 0.05) is 38.0 Å². The minimum absolute atomic E-state index is 0.0691. The molecule has 30 heavy (non-hydrogen) atoms. The molecule has 1 aromatic rings. The van der Waals surface area contributed by atoms with E-state index >= 15 is 0 Å². The number of thioether (sulfide) groups is 1. The summed E-state index contributed by atoms with van der Waals surface area (Å²) in [5.74, 6) is -0.0714. The van der Waals surface area contributed by atoms with Crippen LogP contribution in [0.3, 0.4) is 0 Å². The smallest absolute Gasteiger partial charge is 0.293 e. The van der Waals surface area contributed by atoms with Crippen molar-refractivity contribution in [1.82, 2.24) is 15.1 Å². The van der Waals surface area contributed by atoms with Gasteiger partial charge in [0.15, 0.2) is 0 Å². The van der Waals surface area contributed by atoms with Crippen molar-refractivity contribution in [2.24, 2.45) is 11.8 Å². The monoisotopic (exact) mass is 427 g/mol. The number of hydrogen-bond donors (Lipinski definition) is 1. The fourth-order valence-corrected chi connectivity index (χ4v) is 4.64. The van der Waals surface area contributed by atoms with E-state index in [0.717, 1.165) is 30.2 Å². The van der Waals surface area contributed by atoms with Gasteiger partial charge < -0.3 is 10.2 Å². The van der Waals surface area contributed by atoms with Crippen LogP contribution in [-0.2, 0) is 14.4 Å². The Bertz CT molecular complexity index is 874. The van der Waals surface area contributed by atoms with E-state index in [9.17, 15) is 19.2 Å². The second-order valence-electron chi connectivity index (χ2n) is 7.91. The van der Waals surface area contributed by atoms with E-state index < -0.39 is 0 Å². The fourth-order valence-electron chi connectivity index (χ4n) is 3.78. The molecule has 3 fully saturated rings. The van der Waals surface area contributed by atoms with Gasteiger partial charge in [-0.25, -0.2) is 0 Å². The highest BCUT2D eigenvalue weighted by Gasteiger charge is 2.37. The Morgan fingerprint density at radius 2 is 1.73 bits per heavy atom. The number of piperidine rings is 1. The Labute approximate surface area is 179 Å². The molecule has 3 aliphatic rings. The lowest BCUT2D eigenvalue weighted by Gasteiger charge is -2.31. The molecule has 0 bridgehead atoms. The standard InChI is InChI=1S/C22H25N3O4S/c26-19(16-8-11-24(12-9-16)20(27)17-6-7-17)23-10-13-25-21(28)18(30-22(25)29)14-15-4-2-1-3-5-15/h1-5,14,16-17H,6-13H2,(H,23,26)/b18-14+. The molecule has 158 valence electrons. The molecule has 2 heterocycles. The van der Waals surface area contributed by atoms with Crippen molar-refractivity contribution in [3.63, 3.8) is 0 Å². The Morgan fingerprint density at radius 1 is 1.03 bits per heavy atom. The third-order valence-corrected chi connectivity index (χ3v) is 6.62. The fraction of sp³-hybridized carbons (Fsp3) is 0.455. The van der Waals surface area contributed by atoms with Crippen LogP contribution in [0.1, 0.15) is 31.2 Å². The van der Waals surface area contributed by atoms with E-state index in [1.165, 1.54) is 4.90 Å². The van der Waals surface area contributed by atoms with Crippen LogP contribution < -0.4 is 5.32 Å². The van der Waals surface area contributed by atoms with Crippen LogP contribution in [0.5, 0.6) is 0 Å². The molecule has 8 heteroatoms. The largest absolute Gasteiger partial charge is 0.354 e. The van der Waals surface area contributed by atoms with Crippen LogP contribution in [0.25, 0.3) is 6.08 Å². The number of hydrogen-bond acceptors (Lipinski definition) is 5. The van der Waals surface area contributed by atoms with Gasteiger partial charge >= 0.3 is 0 Å². The summed E-state index contributed by atoms with van der Waals surface area (Å²) in [5, 5.41) is 2.53. The van der Waals surface area contributed by atoms with Gasteiger partial charge in [-0.15, -0.1) is 0 Å². The SMILES string of the molecule is O=C(NCCN1C(=O)S/C(=C/c2ccccc2)C1=O)C1CCN(C(=O)C2CC2)CC1. The number of carbonyl (C=O) groups excluding carboxylic acids is 4. The average molecular weight is 428 g/mol. The van der Waals surface area contributed by atoms with Gasteiger partial charge in [-0.05, 0) is 49.1 Å². The molecule has 2 saturated heterocycles. The molecular weight excluding hydrogens is 402 g/mol. The number of rotatable bonds is 6. The topological polar surface area (TPSA) is 86.8 Å². The van der Waals surface area contributed by atoms with Gasteiger partial charge in [0.05, 0.1) is 4.91 Å². The van der Waals surface area contributed by atoms with E-state index in [1.54, 1.807) is 6.08 Å². The predicted molar refractivity (Wildman–Crippen MR) is 114 cm³/mol. The summed E-state index contributed by atoms with van der Waals surface area (Å²) in [7, 11) is 0. The minimum atomic E-state index is -0.324. The number of nitrogens with one attached hydrogen (secondary N) is 1. The van der Waals surface area contributed by atoms with E-state index in [0.29, 0.717) is 30.8 Å². The normalized spacial score (nSPS) is 21.4. The summed E-state index contributed by atoms with van der Waals surface area (Å²) >= 11 is 0.922. The van der Waals surface area contributed by atoms with E-state index in [-0.39, 0.29) is 47.9 Å². The van der Waals surface area contributed by atoms with Gasteiger partial charge in [0.2, 0.25) is 11.8 Å². The molecule has 0 atom stereocenters. The maximum atomic E-state index is 12.5. The number of imide groups is 1. The van der Waals surface area contributed by atoms with Crippen molar-refractivity contribution in [2.75, 3.05) is 26.2 Å². The zero-order valence-electron chi connectivity index (χ0n) is 16.7. The summed E-state index contributed by atoms with van der Waals surface area (Å²) in [6.45, 7) is 1.64. The zero-order valence-corrected chi connectivity index (χ0v) is 17.5. The predicted octanol–water partition coefficient (Wildman–Crippen LogP) is 2.49. The number of benzene rings is 1. The quantitative estimate of drug-likeness (QED) is 0.705. The Morgan fingerprint density at radius 3 is 2.40 bits per heavy atom.